The van der Waals surface area contributed by atoms with E-state index in [1.54, 1.807) is 11.8 Å². The van der Waals surface area contributed by atoms with Crippen molar-refractivity contribution in [1.82, 2.24) is 0 Å². The quantitative estimate of drug-likeness (QED) is 0.272. The number of thiol groups is 1. The summed E-state index contributed by atoms with van der Waals surface area (Å²) in [4.78, 5) is 0. The van der Waals surface area contributed by atoms with E-state index >= 15 is 0 Å². The average molecular weight is 293 g/mol. The average Bonchev–Trinajstić information content (AvgIpc) is 2.26. The smallest absolute Gasteiger partial charge is 0.101 e. The first-order chi connectivity index (χ1) is 8.16. The predicted octanol–water partition coefficient (Wildman–Crippen LogP) is 6.24. The lowest BCUT2D eigenvalue weighted by atomic mass is 10.1. The standard InChI is InChI=1S/C14H28S3/c1-3-4-5-6-7-8-9-10-11-12-13(2)17-14(15)16/h13H,3-12H2,1-2H3,(H,15,16). The predicted molar refractivity (Wildman–Crippen MR) is 90.5 cm³/mol. The van der Waals surface area contributed by atoms with E-state index in [4.69, 9.17) is 12.2 Å². The van der Waals surface area contributed by atoms with Crippen LogP contribution in [0.3, 0.4) is 0 Å². The molecule has 0 nitrogen and oxygen atoms in total. The summed E-state index contributed by atoms with van der Waals surface area (Å²) in [5.74, 6) is 0. The van der Waals surface area contributed by atoms with Crippen molar-refractivity contribution in [3.8, 4) is 0 Å². The fraction of sp³-hybridized carbons (Fsp3) is 0.929. The van der Waals surface area contributed by atoms with E-state index in [0.717, 1.165) is 3.53 Å². The van der Waals surface area contributed by atoms with E-state index in [0.29, 0.717) is 5.25 Å². The van der Waals surface area contributed by atoms with E-state index < -0.39 is 0 Å². The zero-order valence-corrected chi connectivity index (χ0v) is 13.9. The highest BCUT2D eigenvalue weighted by Gasteiger charge is 2.03. The summed E-state index contributed by atoms with van der Waals surface area (Å²) in [6.07, 6.45) is 13.9. The van der Waals surface area contributed by atoms with Gasteiger partial charge in [0.15, 0.2) is 0 Å². The molecule has 0 saturated heterocycles. The number of thiocarbonyl (C=S) groups is 1. The third-order valence-electron chi connectivity index (χ3n) is 3.02. The molecule has 0 amide bonds. The second-order valence-corrected chi connectivity index (χ2v) is 7.98. The van der Waals surface area contributed by atoms with Gasteiger partial charge in [-0.05, 0) is 6.42 Å². The van der Waals surface area contributed by atoms with Gasteiger partial charge in [0.1, 0.15) is 3.53 Å². The van der Waals surface area contributed by atoms with Crippen molar-refractivity contribution in [2.75, 3.05) is 0 Å². The number of unbranched alkanes of at least 4 members (excludes halogenated alkanes) is 8. The minimum Gasteiger partial charge on any atom is -0.125 e. The van der Waals surface area contributed by atoms with E-state index in [-0.39, 0.29) is 0 Å². The van der Waals surface area contributed by atoms with Crippen LogP contribution >= 0.6 is 36.6 Å². The highest BCUT2D eigenvalue weighted by Crippen LogP contribution is 2.21. The lowest BCUT2D eigenvalue weighted by Crippen LogP contribution is -1.97. The minimum absolute atomic E-state index is 0.643. The number of thioether (sulfide) groups is 1. The normalized spacial score (nSPS) is 12.6. The van der Waals surface area contributed by atoms with Crippen LogP contribution in [0.15, 0.2) is 0 Å². The first kappa shape index (κ1) is 17.8. The highest BCUT2D eigenvalue weighted by atomic mass is 32.2. The van der Waals surface area contributed by atoms with Gasteiger partial charge in [-0.25, -0.2) is 0 Å². The van der Waals surface area contributed by atoms with Gasteiger partial charge < -0.3 is 0 Å². The van der Waals surface area contributed by atoms with Gasteiger partial charge in [-0.3, -0.25) is 0 Å². The van der Waals surface area contributed by atoms with Crippen LogP contribution in [-0.4, -0.2) is 8.78 Å². The molecule has 0 aliphatic carbocycles. The van der Waals surface area contributed by atoms with Crippen LogP contribution in [0.4, 0.5) is 0 Å². The van der Waals surface area contributed by atoms with E-state index in [2.05, 4.69) is 26.5 Å². The number of rotatable bonds is 11. The zero-order chi connectivity index (χ0) is 12.9. The van der Waals surface area contributed by atoms with Crippen molar-refractivity contribution >= 4 is 40.1 Å². The molecule has 1 atom stereocenters. The summed E-state index contributed by atoms with van der Waals surface area (Å²) in [6.45, 7) is 4.52. The van der Waals surface area contributed by atoms with Gasteiger partial charge >= 0.3 is 0 Å². The summed E-state index contributed by atoms with van der Waals surface area (Å²) in [5, 5.41) is 0.643. The molecule has 0 aliphatic heterocycles. The molecular weight excluding hydrogens is 264 g/mol. The summed E-state index contributed by atoms with van der Waals surface area (Å²) in [5.41, 5.74) is 0. The topological polar surface area (TPSA) is 0 Å². The Hall–Kier alpha value is 0.790. The maximum Gasteiger partial charge on any atom is 0.101 e. The Morgan fingerprint density at radius 3 is 1.94 bits per heavy atom. The van der Waals surface area contributed by atoms with E-state index in [1.807, 2.05) is 0 Å². The molecule has 0 bridgehead atoms. The second kappa shape index (κ2) is 13.2. The monoisotopic (exact) mass is 292 g/mol. The Labute approximate surface area is 123 Å². The molecule has 0 saturated carbocycles. The van der Waals surface area contributed by atoms with Crippen LogP contribution in [-0.2, 0) is 0 Å². The largest absolute Gasteiger partial charge is 0.125 e. The molecular formula is C14H28S3. The lowest BCUT2D eigenvalue weighted by molar-refractivity contribution is 0.556. The summed E-state index contributed by atoms with van der Waals surface area (Å²) < 4.78 is 0.786. The molecule has 0 N–H and O–H groups in total. The molecule has 0 aromatic rings. The number of hydrogen-bond acceptors (Lipinski definition) is 2. The zero-order valence-electron chi connectivity index (χ0n) is 11.4. The highest BCUT2D eigenvalue weighted by molar-refractivity contribution is 8.41. The van der Waals surface area contributed by atoms with Crippen LogP contribution < -0.4 is 0 Å². The molecule has 17 heavy (non-hydrogen) atoms. The van der Waals surface area contributed by atoms with Crippen molar-refractivity contribution in [3.63, 3.8) is 0 Å². The van der Waals surface area contributed by atoms with Crippen molar-refractivity contribution in [2.24, 2.45) is 0 Å². The first-order valence-electron chi connectivity index (χ1n) is 7.06. The van der Waals surface area contributed by atoms with Crippen LogP contribution in [0.25, 0.3) is 0 Å². The lowest BCUT2D eigenvalue weighted by Gasteiger charge is -2.08. The third-order valence-corrected chi connectivity index (χ3v) is 4.46. The van der Waals surface area contributed by atoms with Crippen LogP contribution in [0.5, 0.6) is 0 Å². The van der Waals surface area contributed by atoms with Gasteiger partial charge in [0.05, 0.1) is 0 Å². The Morgan fingerprint density at radius 1 is 1.00 bits per heavy atom. The van der Waals surface area contributed by atoms with Crippen molar-refractivity contribution in [2.45, 2.75) is 83.3 Å². The molecule has 0 aromatic carbocycles. The Balaban J connectivity index is 3.10. The van der Waals surface area contributed by atoms with Gasteiger partial charge in [0, 0.05) is 5.25 Å². The Bertz CT molecular complexity index is 180. The van der Waals surface area contributed by atoms with Crippen LogP contribution in [0, 0.1) is 0 Å². The minimum atomic E-state index is 0.643. The Morgan fingerprint density at radius 2 is 1.47 bits per heavy atom. The molecule has 0 heterocycles. The molecule has 0 aromatic heterocycles. The maximum absolute atomic E-state index is 4.97. The molecule has 0 aliphatic rings. The molecule has 0 fully saturated rings. The third kappa shape index (κ3) is 14.7. The molecule has 0 radical (unpaired) electrons. The second-order valence-electron chi connectivity index (χ2n) is 4.81. The van der Waals surface area contributed by atoms with E-state index in [9.17, 15) is 0 Å². The molecule has 102 valence electrons. The van der Waals surface area contributed by atoms with Crippen molar-refractivity contribution < 1.29 is 0 Å². The van der Waals surface area contributed by atoms with Gasteiger partial charge in [-0.2, -0.15) is 0 Å². The SMILES string of the molecule is CCCCCCCCCCCC(C)SC(=S)S. The first-order valence-corrected chi connectivity index (χ1v) is 8.80. The molecule has 3 heteroatoms. The maximum atomic E-state index is 4.97. The fourth-order valence-electron chi connectivity index (χ4n) is 1.97. The summed E-state index contributed by atoms with van der Waals surface area (Å²) in [7, 11) is 0. The number of hydrogen-bond donors (Lipinski definition) is 1. The molecule has 0 rings (SSSR count). The van der Waals surface area contributed by atoms with Gasteiger partial charge in [0.2, 0.25) is 0 Å². The molecule has 1 unspecified atom stereocenters. The van der Waals surface area contributed by atoms with E-state index in [1.165, 1.54) is 64.2 Å². The summed E-state index contributed by atoms with van der Waals surface area (Å²) >= 11 is 10.8. The van der Waals surface area contributed by atoms with Crippen molar-refractivity contribution in [3.05, 3.63) is 0 Å². The van der Waals surface area contributed by atoms with Crippen LogP contribution in [0.2, 0.25) is 0 Å². The van der Waals surface area contributed by atoms with Gasteiger partial charge in [-0.15, -0.1) is 24.4 Å². The van der Waals surface area contributed by atoms with Crippen molar-refractivity contribution in [1.29, 1.82) is 0 Å². The molecule has 0 spiro atoms. The summed E-state index contributed by atoms with van der Waals surface area (Å²) in [6, 6.07) is 0. The fourth-order valence-corrected chi connectivity index (χ4v) is 3.63. The van der Waals surface area contributed by atoms with Gasteiger partial charge in [-0.1, -0.05) is 83.9 Å². The Kier molecular flexibility index (Phi) is 13.8. The van der Waals surface area contributed by atoms with Crippen LogP contribution in [0.1, 0.15) is 78.1 Å². The van der Waals surface area contributed by atoms with Gasteiger partial charge in [0.25, 0.3) is 0 Å².